The summed E-state index contributed by atoms with van der Waals surface area (Å²) in [5.74, 6) is 0.359. The molecular weight excluding hydrogens is 478 g/mol. The number of likely N-dealkylation sites (tertiary alicyclic amines) is 1. The molecule has 3 N–H and O–H groups in total. The van der Waals surface area contributed by atoms with E-state index in [-0.39, 0.29) is 53.9 Å². The van der Waals surface area contributed by atoms with Crippen LogP contribution in [0.3, 0.4) is 0 Å². The smallest absolute Gasteiger partial charge is 0.407 e. The molecule has 0 unspecified atom stereocenters. The first-order valence-electron chi connectivity index (χ1n) is 12.0. The molecular formula is C24H30F2N4O6. The summed E-state index contributed by atoms with van der Waals surface area (Å²) in [7, 11) is 0. The van der Waals surface area contributed by atoms with Crippen LogP contribution in [0.25, 0.3) is 11.5 Å². The summed E-state index contributed by atoms with van der Waals surface area (Å²) in [6.07, 6.45) is 2.09. The zero-order chi connectivity index (χ0) is 25.8. The lowest BCUT2D eigenvalue weighted by atomic mass is 10.2. The number of nitrogens with two attached hydrogens (primary N) is 1. The predicted molar refractivity (Wildman–Crippen MR) is 124 cm³/mol. The van der Waals surface area contributed by atoms with Crippen molar-refractivity contribution in [3.8, 4) is 23.0 Å². The molecule has 1 saturated heterocycles. The Bertz CT molecular complexity index is 1090. The van der Waals surface area contributed by atoms with Crippen molar-refractivity contribution >= 4 is 12.0 Å². The van der Waals surface area contributed by atoms with E-state index in [0.717, 1.165) is 12.8 Å². The van der Waals surface area contributed by atoms with Gasteiger partial charge in [0.25, 0.3) is 5.91 Å². The molecule has 1 saturated carbocycles. The number of rotatable bonds is 10. The monoisotopic (exact) mass is 508 g/mol. The summed E-state index contributed by atoms with van der Waals surface area (Å²) in [4.78, 5) is 31.0. The van der Waals surface area contributed by atoms with Crippen molar-refractivity contribution in [3.63, 3.8) is 0 Å². The quantitative estimate of drug-likeness (QED) is 0.497. The maximum atomic E-state index is 13.3. The molecule has 1 aliphatic heterocycles. The number of amides is 2. The van der Waals surface area contributed by atoms with Crippen molar-refractivity contribution in [2.75, 3.05) is 26.3 Å². The molecule has 10 nitrogen and oxygen atoms in total. The van der Waals surface area contributed by atoms with Crippen LogP contribution in [0.15, 0.2) is 22.6 Å². The standard InChI is InChI=1S/C24H30F2N4O6/c1-3-33-24(32)28-16-8-9-30(11-16)22(31)19-20(13(2)27)36-21(29-19)15-6-7-17(35-23(25)26)18(10-15)34-12-14-4-5-14/h6-7,10,13-14,16,23H,3-5,8-9,11-12,27H2,1-2H3,(H,28,32)/t13-,16+/m0/s1. The number of alkyl carbamates (subject to hydrolysis) is 1. The lowest BCUT2D eigenvalue weighted by Crippen LogP contribution is -2.39. The molecule has 1 aromatic heterocycles. The maximum absolute atomic E-state index is 13.3. The van der Waals surface area contributed by atoms with Crippen LogP contribution in [0.5, 0.6) is 11.5 Å². The van der Waals surface area contributed by atoms with Crippen molar-refractivity contribution in [2.24, 2.45) is 11.7 Å². The number of oxazole rings is 1. The number of nitrogens with one attached hydrogen (secondary N) is 1. The van der Waals surface area contributed by atoms with E-state index in [2.05, 4.69) is 15.0 Å². The number of hydrogen-bond donors (Lipinski definition) is 2. The van der Waals surface area contributed by atoms with Crippen LogP contribution in [-0.4, -0.2) is 60.8 Å². The summed E-state index contributed by atoms with van der Waals surface area (Å²) < 4.78 is 46.8. The Morgan fingerprint density at radius 1 is 1.28 bits per heavy atom. The zero-order valence-electron chi connectivity index (χ0n) is 20.2. The number of benzene rings is 1. The third kappa shape index (κ3) is 6.23. The zero-order valence-corrected chi connectivity index (χ0v) is 20.2. The third-order valence-electron chi connectivity index (χ3n) is 5.92. The van der Waals surface area contributed by atoms with Gasteiger partial charge in [-0.1, -0.05) is 0 Å². The molecule has 12 heteroatoms. The average molecular weight is 509 g/mol. The minimum Gasteiger partial charge on any atom is -0.489 e. The number of ether oxygens (including phenoxy) is 3. The fourth-order valence-corrected chi connectivity index (χ4v) is 3.91. The highest BCUT2D eigenvalue weighted by molar-refractivity contribution is 5.94. The molecule has 2 aromatic rings. The number of aromatic nitrogens is 1. The van der Waals surface area contributed by atoms with Crippen molar-refractivity contribution in [3.05, 3.63) is 29.7 Å². The normalized spacial score (nSPS) is 18.3. The molecule has 36 heavy (non-hydrogen) atoms. The van der Waals surface area contributed by atoms with Gasteiger partial charge in [-0.2, -0.15) is 8.78 Å². The Labute approximate surface area is 207 Å². The second-order valence-electron chi connectivity index (χ2n) is 8.92. The highest BCUT2D eigenvalue weighted by Gasteiger charge is 2.33. The van der Waals surface area contributed by atoms with Crippen molar-refractivity contribution < 1.29 is 37.0 Å². The minimum atomic E-state index is -3.00. The SMILES string of the molecule is CCOC(=O)N[C@@H]1CCN(C(=O)c2nc(-c3ccc(OC(F)F)c(OCC4CC4)c3)oc2[C@H](C)N)C1. The van der Waals surface area contributed by atoms with Gasteiger partial charge in [-0.15, -0.1) is 0 Å². The third-order valence-corrected chi connectivity index (χ3v) is 5.92. The number of hydrogen-bond acceptors (Lipinski definition) is 8. The van der Waals surface area contributed by atoms with E-state index in [9.17, 15) is 18.4 Å². The number of carbonyl (C=O) groups is 2. The van der Waals surface area contributed by atoms with Crippen LogP contribution in [-0.2, 0) is 4.74 Å². The number of nitrogens with zero attached hydrogens (tertiary/aromatic N) is 2. The van der Waals surface area contributed by atoms with Gasteiger partial charge in [-0.3, -0.25) is 4.79 Å². The Balaban J connectivity index is 1.55. The first kappa shape index (κ1) is 25.7. The van der Waals surface area contributed by atoms with Gasteiger partial charge >= 0.3 is 12.7 Å². The molecule has 2 aliphatic rings. The Morgan fingerprint density at radius 3 is 2.72 bits per heavy atom. The van der Waals surface area contributed by atoms with Gasteiger partial charge in [0.1, 0.15) is 0 Å². The second kappa shape index (κ2) is 11.1. The van der Waals surface area contributed by atoms with E-state index in [1.807, 2.05) is 0 Å². The van der Waals surface area contributed by atoms with Gasteiger partial charge < -0.3 is 34.6 Å². The van der Waals surface area contributed by atoms with Crippen molar-refractivity contribution in [1.29, 1.82) is 0 Å². The van der Waals surface area contributed by atoms with Crippen LogP contribution in [0.2, 0.25) is 0 Å². The lowest BCUT2D eigenvalue weighted by Gasteiger charge is -2.16. The van der Waals surface area contributed by atoms with Gasteiger partial charge in [0.05, 0.1) is 25.3 Å². The van der Waals surface area contributed by atoms with E-state index >= 15 is 0 Å². The molecule has 196 valence electrons. The highest BCUT2D eigenvalue weighted by Crippen LogP contribution is 2.37. The molecule has 0 spiro atoms. The molecule has 0 radical (unpaired) electrons. The first-order valence-corrected chi connectivity index (χ1v) is 12.0. The van der Waals surface area contributed by atoms with Gasteiger partial charge in [0.15, 0.2) is 23.0 Å². The van der Waals surface area contributed by atoms with Crippen LogP contribution in [0.4, 0.5) is 13.6 Å². The molecule has 2 atom stereocenters. The summed E-state index contributed by atoms with van der Waals surface area (Å²) in [5.41, 5.74) is 6.54. The maximum Gasteiger partial charge on any atom is 0.407 e. The van der Waals surface area contributed by atoms with Gasteiger partial charge in [0, 0.05) is 18.7 Å². The Kier molecular flexibility index (Phi) is 7.92. The number of halogens is 2. The molecule has 2 heterocycles. The van der Waals surface area contributed by atoms with Crippen LogP contribution < -0.4 is 20.5 Å². The Hall–Kier alpha value is -3.41. The largest absolute Gasteiger partial charge is 0.489 e. The van der Waals surface area contributed by atoms with Gasteiger partial charge in [0.2, 0.25) is 5.89 Å². The fraction of sp³-hybridized carbons (Fsp3) is 0.542. The van der Waals surface area contributed by atoms with Gasteiger partial charge in [-0.05, 0) is 57.2 Å². The lowest BCUT2D eigenvalue weighted by molar-refractivity contribution is -0.0515. The van der Waals surface area contributed by atoms with E-state index in [0.29, 0.717) is 31.1 Å². The molecule has 4 rings (SSSR count). The summed E-state index contributed by atoms with van der Waals surface area (Å²) in [6, 6.07) is 3.48. The molecule has 0 bridgehead atoms. The fourth-order valence-electron chi connectivity index (χ4n) is 3.91. The average Bonchev–Trinajstić information content (AvgIpc) is 3.35. The Morgan fingerprint density at radius 2 is 2.06 bits per heavy atom. The van der Waals surface area contributed by atoms with E-state index in [1.165, 1.54) is 18.2 Å². The first-order chi connectivity index (χ1) is 17.2. The molecule has 1 aromatic carbocycles. The van der Waals surface area contributed by atoms with Crippen molar-refractivity contribution in [2.45, 2.75) is 51.8 Å². The van der Waals surface area contributed by atoms with Crippen LogP contribution in [0.1, 0.15) is 55.4 Å². The molecule has 2 amide bonds. The van der Waals surface area contributed by atoms with E-state index < -0.39 is 18.7 Å². The summed E-state index contributed by atoms with van der Waals surface area (Å²) in [5, 5.41) is 2.73. The van der Waals surface area contributed by atoms with Crippen LogP contribution >= 0.6 is 0 Å². The summed E-state index contributed by atoms with van der Waals surface area (Å²) in [6.45, 7) is 1.72. The molecule has 2 fully saturated rings. The minimum absolute atomic E-state index is 0.0603. The second-order valence-corrected chi connectivity index (χ2v) is 8.92. The van der Waals surface area contributed by atoms with E-state index in [4.69, 9.17) is 19.6 Å². The van der Waals surface area contributed by atoms with Crippen LogP contribution in [0, 0.1) is 5.92 Å². The topological polar surface area (TPSA) is 129 Å². The highest BCUT2D eigenvalue weighted by atomic mass is 19.3. The van der Waals surface area contributed by atoms with E-state index in [1.54, 1.807) is 18.7 Å². The van der Waals surface area contributed by atoms with Crippen molar-refractivity contribution in [1.82, 2.24) is 15.2 Å². The number of carbonyl (C=O) groups excluding carboxylic acids is 2. The number of alkyl halides is 2. The predicted octanol–water partition coefficient (Wildman–Crippen LogP) is 3.71. The van der Waals surface area contributed by atoms with Gasteiger partial charge in [-0.25, -0.2) is 9.78 Å². The molecule has 1 aliphatic carbocycles. The summed E-state index contributed by atoms with van der Waals surface area (Å²) >= 11 is 0.